The Balaban J connectivity index is 3.33. The minimum atomic E-state index is -0.217. The van der Waals surface area contributed by atoms with Gasteiger partial charge in [-0.3, -0.25) is 4.79 Å². The molecule has 0 rings (SSSR count). The van der Waals surface area contributed by atoms with Gasteiger partial charge in [-0.2, -0.15) is 0 Å². The van der Waals surface area contributed by atoms with E-state index in [1.807, 2.05) is 0 Å². The highest BCUT2D eigenvalue weighted by atomic mass is 16.5. The fourth-order valence-electron chi connectivity index (χ4n) is 0.898. The molecule has 0 aromatic carbocycles. The Morgan fingerprint density at radius 2 is 2.00 bits per heavy atom. The second kappa shape index (κ2) is 9.12. The monoisotopic (exact) mass is 182 g/mol. The van der Waals surface area contributed by atoms with Crippen LogP contribution >= 0.6 is 0 Å². The summed E-state index contributed by atoms with van der Waals surface area (Å²) in [5, 5.41) is 0. The molecule has 0 radical (unpaired) electrons. The SMILES string of the molecule is CCCCCC#CCC(=O)OCC. The zero-order valence-corrected chi connectivity index (χ0v) is 8.56. The number of hydrogen-bond acceptors (Lipinski definition) is 2. The number of carbonyl (C=O) groups is 1. The van der Waals surface area contributed by atoms with E-state index in [0.29, 0.717) is 6.61 Å². The highest BCUT2D eigenvalue weighted by molar-refractivity contribution is 5.72. The molecular formula is C11H18O2. The summed E-state index contributed by atoms with van der Waals surface area (Å²) in [6, 6.07) is 0. The van der Waals surface area contributed by atoms with Crippen LogP contribution in [0.4, 0.5) is 0 Å². The van der Waals surface area contributed by atoms with Gasteiger partial charge in [-0.1, -0.05) is 25.7 Å². The summed E-state index contributed by atoms with van der Waals surface area (Å²) in [6.45, 7) is 4.40. The van der Waals surface area contributed by atoms with E-state index in [0.717, 1.165) is 12.8 Å². The predicted molar refractivity (Wildman–Crippen MR) is 53.2 cm³/mol. The van der Waals surface area contributed by atoms with Crippen LogP contribution in [0.25, 0.3) is 0 Å². The predicted octanol–water partition coefficient (Wildman–Crippen LogP) is 2.52. The topological polar surface area (TPSA) is 26.3 Å². The van der Waals surface area contributed by atoms with Gasteiger partial charge in [0.1, 0.15) is 6.42 Å². The highest BCUT2D eigenvalue weighted by Gasteiger charge is 1.95. The molecular weight excluding hydrogens is 164 g/mol. The van der Waals surface area contributed by atoms with Gasteiger partial charge in [0.15, 0.2) is 0 Å². The third-order valence-electron chi connectivity index (χ3n) is 1.57. The molecule has 13 heavy (non-hydrogen) atoms. The Labute approximate surface area is 80.7 Å². The van der Waals surface area contributed by atoms with E-state index >= 15 is 0 Å². The number of hydrogen-bond donors (Lipinski definition) is 0. The lowest BCUT2D eigenvalue weighted by atomic mass is 10.2. The molecule has 2 nitrogen and oxygen atoms in total. The Morgan fingerprint density at radius 1 is 1.23 bits per heavy atom. The molecule has 0 aliphatic rings. The smallest absolute Gasteiger partial charge is 0.317 e. The molecule has 0 saturated carbocycles. The fraction of sp³-hybridized carbons (Fsp3) is 0.727. The summed E-state index contributed by atoms with van der Waals surface area (Å²) in [5.74, 6) is 5.55. The summed E-state index contributed by atoms with van der Waals surface area (Å²) >= 11 is 0. The summed E-state index contributed by atoms with van der Waals surface area (Å²) in [6.07, 6.45) is 4.69. The molecule has 0 unspecified atom stereocenters. The van der Waals surface area contributed by atoms with Crippen LogP contribution < -0.4 is 0 Å². The highest BCUT2D eigenvalue weighted by Crippen LogP contribution is 1.96. The van der Waals surface area contributed by atoms with Crippen molar-refractivity contribution < 1.29 is 9.53 Å². The largest absolute Gasteiger partial charge is 0.465 e. The molecule has 0 aromatic rings. The van der Waals surface area contributed by atoms with Crippen LogP contribution in [0, 0.1) is 11.8 Å². The van der Waals surface area contributed by atoms with Crippen LogP contribution in [0.3, 0.4) is 0 Å². The van der Waals surface area contributed by atoms with E-state index in [9.17, 15) is 4.79 Å². The van der Waals surface area contributed by atoms with Crippen LogP contribution in [0.2, 0.25) is 0 Å². The summed E-state index contributed by atoms with van der Waals surface area (Å²) in [5.41, 5.74) is 0. The molecule has 0 bridgehead atoms. The van der Waals surface area contributed by atoms with Gasteiger partial charge in [0, 0.05) is 6.42 Å². The average molecular weight is 182 g/mol. The number of rotatable bonds is 5. The number of ether oxygens (including phenoxy) is 1. The van der Waals surface area contributed by atoms with Crippen LogP contribution in [-0.2, 0) is 9.53 Å². The molecule has 0 spiro atoms. The minimum absolute atomic E-state index is 0.217. The average Bonchev–Trinajstić information content (AvgIpc) is 2.11. The van der Waals surface area contributed by atoms with Crippen molar-refractivity contribution in [2.45, 2.75) is 46.0 Å². The third-order valence-corrected chi connectivity index (χ3v) is 1.57. The van der Waals surface area contributed by atoms with Crippen molar-refractivity contribution in [2.75, 3.05) is 6.61 Å². The first-order valence-electron chi connectivity index (χ1n) is 4.92. The Bertz CT molecular complexity index is 186. The lowest BCUT2D eigenvalue weighted by Gasteiger charge is -1.94. The van der Waals surface area contributed by atoms with Gasteiger partial charge < -0.3 is 4.74 Å². The summed E-state index contributed by atoms with van der Waals surface area (Å²) in [7, 11) is 0. The molecule has 0 aromatic heterocycles. The fourth-order valence-corrected chi connectivity index (χ4v) is 0.898. The first-order chi connectivity index (χ1) is 6.31. The van der Waals surface area contributed by atoms with Crippen molar-refractivity contribution in [3.05, 3.63) is 0 Å². The third kappa shape index (κ3) is 8.94. The van der Waals surface area contributed by atoms with Crippen molar-refractivity contribution in [3.8, 4) is 11.8 Å². The van der Waals surface area contributed by atoms with E-state index in [2.05, 4.69) is 18.8 Å². The lowest BCUT2D eigenvalue weighted by Crippen LogP contribution is -2.01. The number of unbranched alkanes of at least 4 members (excludes halogenated alkanes) is 3. The Kier molecular flexibility index (Phi) is 8.44. The zero-order chi connectivity index (χ0) is 9.94. The molecule has 0 atom stereocenters. The molecule has 0 fully saturated rings. The van der Waals surface area contributed by atoms with E-state index in [-0.39, 0.29) is 12.4 Å². The second-order valence-electron chi connectivity index (χ2n) is 2.79. The Hall–Kier alpha value is -0.970. The van der Waals surface area contributed by atoms with E-state index in [1.54, 1.807) is 6.92 Å². The molecule has 0 aliphatic carbocycles. The van der Waals surface area contributed by atoms with E-state index in [1.165, 1.54) is 12.8 Å². The number of carbonyl (C=O) groups excluding carboxylic acids is 1. The van der Waals surface area contributed by atoms with E-state index in [4.69, 9.17) is 4.74 Å². The first-order valence-corrected chi connectivity index (χ1v) is 4.92. The zero-order valence-electron chi connectivity index (χ0n) is 8.56. The van der Waals surface area contributed by atoms with Crippen molar-refractivity contribution in [3.63, 3.8) is 0 Å². The van der Waals surface area contributed by atoms with Crippen LogP contribution in [0.15, 0.2) is 0 Å². The van der Waals surface area contributed by atoms with Gasteiger partial charge in [-0.15, -0.1) is 5.92 Å². The standard InChI is InChI=1S/C11H18O2/c1-3-5-6-7-8-9-10-11(12)13-4-2/h3-7,10H2,1-2H3. The summed E-state index contributed by atoms with van der Waals surface area (Å²) < 4.78 is 4.73. The Morgan fingerprint density at radius 3 is 2.62 bits per heavy atom. The van der Waals surface area contributed by atoms with Crippen molar-refractivity contribution in [2.24, 2.45) is 0 Å². The van der Waals surface area contributed by atoms with E-state index < -0.39 is 0 Å². The molecule has 0 N–H and O–H groups in total. The molecule has 2 heteroatoms. The van der Waals surface area contributed by atoms with Gasteiger partial charge in [0.2, 0.25) is 0 Å². The van der Waals surface area contributed by atoms with Crippen LogP contribution in [0.1, 0.15) is 46.0 Å². The maximum absolute atomic E-state index is 10.8. The van der Waals surface area contributed by atoms with Gasteiger partial charge in [0.05, 0.1) is 6.61 Å². The van der Waals surface area contributed by atoms with Crippen molar-refractivity contribution in [1.29, 1.82) is 0 Å². The van der Waals surface area contributed by atoms with Gasteiger partial charge in [0.25, 0.3) is 0 Å². The molecule has 74 valence electrons. The number of esters is 1. The van der Waals surface area contributed by atoms with Crippen LogP contribution in [0.5, 0.6) is 0 Å². The molecule has 0 saturated heterocycles. The van der Waals surface area contributed by atoms with Crippen molar-refractivity contribution in [1.82, 2.24) is 0 Å². The van der Waals surface area contributed by atoms with Gasteiger partial charge in [-0.25, -0.2) is 0 Å². The van der Waals surface area contributed by atoms with Crippen molar-refractivity contribution >= 4 is 5.97 Å². The summed E-state index contributed by atoms with van der Waals surface area (Å²) in [4.78, 5) is 10.8. The molecule has 0 heterocycles. The minimum Gasteiger partial charge on any atom is -0.465 e. The molecule has 0 aliphatic heterocycles. The lowest BCUT2D eigenvalue weighted by molar-refractivity contribution is -0.141. The first kappa shape index (κ1) is 12.0. The maximum Gasteiger partial charge on any atom is 0.317 e. The van der Waals surface area contributed by atoms with Crippen LogP contribution in [-0.4, -0.2) is 12.6 Å². The normalized spacial score (nSPS) is 8.77. The molecule has 0 amide bonds. The second-order valence-corrected chi connectivity index (χ2v) is 2.79. The maximum atomic E-state index is 10.8. The van der Waals surface area contributed by atoms with Gasteiger partial charge in [-0.05, 0) is 13.3 Å². The quantitative estimate of drug-likeness (QED) is 0.371. The van der Waals surface area contributed by atoms with Gasteiger partial charge >= 0.3 is 5.97 Å².